The zero-order valence-electron chi connectivity index (χ0n) is 14.3. The number of carbonyl (C=O) groups excluding carboxylic acids is 2. The van der Waals surface area contributed by atoms with Crippen LogP contribution in [0, 0.1) is 22.9 Å². The number of benzene rings is 2. The van der Waals surface area contributed by atoms with E-state index >= 15 is 0 Å². The highest BCUT2D eigenvalue weighted by atomic mass is 35.5. The number of nitrogens with zero attached hydrogens (tertiary/aromatic N) is 1. The van der Waals surface area contributed by atoms with Gasteiger partial charge in [0.1, 0.15) is 18.1 Å². The van der Waals surface area contributed by atoms with Crippen LogP contribution in [0.15, 0.2) is 36.4 Å². The highest BCUT2D eigenvalue weighted by Gasteiger charge is 2.17. The number of amides is 1. The van der Waals surface area contributed by atoms with Gasteiger partial charge in [-0.05, 0) is 30.7 Å². The Labute approximate surface area is 159 Å². The van der Waals surface area contributed by atoms with Crippen molar-refractivity contribution in [1.82, 2.24) is 0 Å². The second-order valence-electron chi connectivity index (χ2n) is 5.69. The van der Waals surface area contributed by atoms with E-state index < -0.39 is 22.6 Å². The summed E-state index contributed by atoms with van der Waals surface area (Å²) in [6.07, 6.45) is -0.508. The maximum Gasteiger partial charge on any atom is 0.306 e. The van der Waals surface area contributed by atoms with E-state index in [2.05, 4.69) is 5.32 Å². The van der Waals surface area contributed by atoms with Gasteiger partial charge in [0.15, 0.2) is 0 Å². The minimum absolute atomic E-state index is 0.0436. The predicted octanol–water partition coefficient (Wildman–Crippen LogP) is 4.16. The number of hydrogen-bond donors (Lipinski definition) is 1. The third-order valence-corrected chi connectivity index (χ3v) is 3.97. The number of nitro groups is 1. The van der Waals surface area contributed by atoms with Crippen LogP contribution < -0.4 is 5.32 Å². The fourth-order valence-corrected chi connectivity index (χ4v) is 2.44. The highest BCUT2D eigenvalue weighted by molar-refractivity contribution is 6.31. The molecule has 7 nitrogen and oxygen atoms in total. The molecule has 1 amide bonds. The standard InChI is InChI=1S/C18H16ClFN2O5/c1-11-5-6-15(16(9-11)22(25)26)21-17(23)7-8-18(24)27-10-12-13(19)3-2-4-14(12)20/h2-6,9H,7-8,10H2,1H3,(H,21,23). The van der Waals surface area contributed by atoms with Crippen LogP contribution in [-0.4, -0.2) is 16.8 Å². The van der Waals surface area contributed by atoms with E-state index in [0.29, 0.717) is 5.56 Å². The van der Waals surface area contributed by atoms with Crippen LogP contribution in [0.3, 0.4) is 0 Å². The molecule has 0 bridgehead atoms. The maximum absolute atomic E-state index is 13.6. The van der Waals surface area contributed by atoms with Gasteiger partial charge < -0.3 is 10.1 Å². The molecule has 0 aromatic heterocycles. The van der Waals surface area contributed by atoms with Crippen molar-refractivity contribution in [3.05, 3.63) is 68.5 Å². The van der Waals surface area contributed by atoms with Crippen molar-refractivity contribution < 1.29 is 23.6 Å². The molecule has 0 spiro atoms. The van der Waals surface area contributed by atoms with Crippen LogP contribution in [-0.2, 0) is 20.9 Å². The number of anilines is 1. The first-order valence-corrected chi connectivity index (χ1v) is 8.29. The van der Waals surface area contributed by atoms with E-state index in [4.69, 9.17) is 16.3 Å². The average Bonchev–Trinajstić information content (AvgIpc) is 2.61. The summed E-state index contributed by atoms with van der Waals surface area (Å²) in [6.45, 7) is 1.34. The average molecular weight is 395 g/mol. The smallest absolute Gasteiger partial charge is 0.306 e. The van der Waals surface area contributed by atoms with Gasteiger partial charge in [-0.25, -0.2) is 4.39 Å². The van der Waals surface area contributed by atoms with Gasteiger partial charge in [0.05, 0.1) is 16.4 Å². The maximum atomic E-state index is 13.6. The van der Waals surface area contributed by atoms with Crippen molar-refractivity contribution in [1.29, 1.82) is 0 Å². The SMILES string of the molecule is Cc1ccc(NC(=O)CCC(=O)OCc2c(F)cccc2Cl)c([N+](=O)[O-])c1. The summed E-state index contributed by atoms with van der Waals surface area (Å²) in [5, 5.41) is 13.6. The number of rotatable bonds is 7. The van der Waals surface area contributed by atoms with Gasteiger partial charge in [0, 0.05) is 18.1 Å². The number of halogens is 2. The van der Waals surface area contributed by atoms with Gasteiger partial charge in [-0.1, -0.05) is 23.7 Å². The molecular weight excluding hydrogens is 379 g/mol. The summed E-state index contributed by atoms with van der Waals surface area (Å²) in [4.78, 5) is 34.1. The molecule has 9 heteroatoms. The van der Waals surface area contributed by atoms with Crippen molar-refractivity contribution in [2.45, 2.75) is 26.4 Å². The Bertz CT molecular complexity index is 868. The normalized spacial score (nSPS) is 10.3. The minimum Gasteiger partial charge on any atom is -0.461 e. The van der Waals surface area contributed by atoms with Gasteiger partial charge >= 0.3 is 5.97 Å². The summed E-state index contributed by atoms with van der Waals surface area (Å²) in [6, 6.07) is 8.46. The lowest BCUT2D eigenvalue weighted by atomic mass is 10.2. The lowest BCUT2D eigenvalue weighted by Gasteiger charge is -2.08. The van der Waals surface area contributed by atoms with E-state index in [1.165, 1.54) is 30.3 Å². The van der Waals surface area contributed by atoms with Gasteiger partial charge in [-0.15, -0.1) is 0 Å². The molecule has 0 saturated heterocycles. The third kappa shape index (κ3) is 5.75. The fourth-order valence-electron chi connectivity index (χ4n) is 2.22. The van der Waals surface area contributed by atoms with Crippen LogP contribution in [0.4, 0.5) is 15.8 Å². The molecule has 0 aliphatic heterocycles. The van der Waals surface area contributed by atoms with Crippen molar-refractivity contribution >= 4 is 34.9 Å². The van der Waals surface area contributed by atoms with E-state index in [1.54, 1.807) is 13.0 Å². The Morgan fingerprint density at radius 2 is 2.00 bits per heavy atom. The molecule has 1 N–H and O–H groups in total. The molecule has 142 valence electrons. The van der Waals surface area contributed by atoms with Crippen LogP contribution in [0.5, 0.6) is 0 Å². The monoisotopic (exact) mass is 394 g/mol. The molecule has 0 radical (unpaired) electrons. The molecule has 2 aromatic rings. The Hall–Kier alpha value is -3.00. The van der Waals surface area contributed by atoms with Gasteiger partial charge in [-0.3, -0.25) is 19.7 Å². The highest BCUT2D eigenvalue weighted by Crippen LogP contribution is 2.25. The zero-order chi connectivity index (χ0) is 20.0. The van der Waals surface area contributed by atoms with Crippen molar-refractivity contribution in [3.8, 4) is 0 Å². The molecule has 2 rings (SSSR count). The second-order valence-corrected chi connectivity index (χ2v) is 6.09. The zero-order valence-corrected chi connectivity index (χ0v) is 15.1. The fraction of sp³-hybridized carbons (Fsp3) is 0.222. The number of nitrogens with one attached hydrogen (secondary N) is 1. The summed E-state index contributed by atoms with van der Waals surface area (Å²) in [5.74, 6) is -1.90. The number of nitro benzene ring substituents is 1. The minimum atomic E-state index is -0.720. The second kappa shape index (κ2) is 9.09. The van der Waals surface area contributed by atoms with E-state index in [1.807, 2.05) is 0 Å². The number of aryl methyl sites for hydroxylation is 1. The van der Waals surface area contributed by atoms with Crippen molar-refractivity contribution in [2.75, 3.05) is 5.32 Å². The van der Waals surface area contributed by atoms with Gasteiger partial charge in [0.2, 0.25) is 5.91 Å². The molecule has 27 heavy (non-hydrogen) atoms. The predicted molar refractivity (Wildman–Crippen MR) is 96.9 cm³/mol. The van der Waals surface area contributed by atoms with Crippen molar-refractivity contribution in [3.63, 3.8) is 0 Å². The van der Waals surface area contributed by atoms with E-state index in [9.17, 15) is 24.1 Å². The first-order valence-electron chi connectivity index (χ1n) is 7.91. The number of carbonyl (C=O) groups is 2. The first kappa shape index (κ1) is 20.3. The largest absolute Gasteiger partial charge is 0.461 e. The third-order valence-electron chi connectivity index (χ3n) is 3.62. The topological polar surface area (TPSA) is 98.5 Å². The van der Waals surface area contributed by atoms with Crippen LogP contribution >= 0.6 is 11.6 Å². The molecule has 0 unspecified atom stereocenters. The molecule has 2 aromatic carbocycles. The molecule has 0 fully saturated rings. The van der Waals surface area contributed by atoms with Gasteiger partial charge in [-0.2, -0.15) is 0 Å². The first-order chi connectivity index (χ1) is 12.8. The van der Waals surface area contributed by atoms with E-state index in [0.717, 1.165) is 0 Å². The van der Waals surface area contributed by atoms with E-state index in [-0.39, 0.29) is 41.4 Å². The van der Waals surface area contributed by atoms with Crippen LogP contribution in [0.25, 0.3) is 0 Å². The van der Waals surface area contributed by atoms with Crippen LogP contribution in [0.1, 0.15) is 24.0 Å². The number of hydrogen-bond acceptors (Lipinski definition) is 5. The lowest BCUT2D eigenvalue weighted by molar-refractivity contribution is -0.384. The molecule has 0 atom stereocenters. The lowest BCUT2D eigenvalue weighted by Crippen LogP contribution is -2.15. The van der Waals surface area contributed by atoms with Crippen molar-refractivity contribution in [2.24, 2.45) is 0 Å². The quantitative estimate of drug-likeness (QED) is 0.432. The molecule has 0 saturated carbocycles. The molecule has 0 aliphatic rings. The summed E-state index contributed by atoms with van der Waals surface area (Å²) < 4.78 is 18.5. The number of esters is 1. The summed E-state index contributed by atoms with van der Waals surface area (Å²) in [5.41, 5.74) is 0.532. The van der Waals surface area contributed by atoms with Crippen LogP contribution in [0.2, 0.25) is 5.02 Å². The summed E-state index contributed by atoms with van der Waals surface area (Å²) in [7, 11) is 0. The Kier molecular flexibility index (Phi) is 6.84. The number of ether oxygens (including phenoxy) is 1. The Balaban J connectivity index is 1.87. The Morgan fingerprint density at radius 3 is 2.67 bits per heavy atom. The Morgan fingerprint density at radius 1 is 1.26 bits per heavy atom. The summed E-state index contributed by atoms with van der Waals surface area (Å²) >= 11 is 5.83. The molecule has 0 heterocycles. The molecular formula is C18H16ClFN2O5. The van der Waals surface area contributed by atoms with Gasteiger partial charge in [0.25, 0.3) is 5.69 Å². The molecule has 0 aliphatic carbocycles.